The van der Waals surface area contributed by atoms with Crippen LogP contribution in [0.3, 0.4) is 0 Å². The zero-order valence-electron chi connectivity index (χ0n) is 22.5. The molecule has 2 heterocycles. The van der Waals surface area contributed by atoms with Crippen LogP contribution >= 0.6 is 23.2 Å². The number of nitriles is 1. The van der Waals surface area contributed by atoms with E-state index in [1.165, 1.54) is 17.9 Å². The number of pyridine rings is 1. The van der Waals surface area contributed by atoms with Crippen molar-refractivity contribution in [3.05, 3.63) is 58.1 Å². The number of nitrogens with zero attached hydrogens (tertiary/aromatic N) is 6. The number of aromatic nitrogens is 3. The number of azo groups is 1. The quantitative estimate of drug-likeness (QED) is 0.138. The maximum absolute atomic E-state index is 11.5. The van der Waals surface area contributed by atoms with E-state index in [0.717, 1.165) is 0 Å². The fraction of sp³-hybridized carbons (Fsp3) is 0.308. The third kappa shape index (κ3) is 7.47. The van der Waals surface area contributed by atoms with Crippen molar-refractivity contribution in [3.8, 4) is 17.6 Å². The molecule has 0 bridgehead atoms. The average Bonchev–Trinajstić information content (AvgIpc) is 3.35. The summed E-state index contributed by atoms with van der Waals surface area (Å²) in [5.41, 5.74) is 1.67. The number of ether oxygens (including phenoxy) is 2. The van der Waals surface area contributed by atoms with Gasteiger partial charge < -0.3 is 25.4 Å². The second-order valence-electron chi connectivity index (χ2n) is 8.44. The van der Waals surface area contributed by atoms with Crippen LogP contribution in [0, 0.1) is 18.3 Å². The van der Waals surface area contributed by atoms with Crippen molar-refractivity contribution in [1.29, 1.82) is 5.26 Å². The van der Waals surface area contributed by atoms with E-state index in [1.807, 2.05) is 6.92 Å². The van der Waals surface area contributed by atoms with Crippen LogP contribution < -0.4 is 20.7 Å². The van der Waals surface area contributed by atoms with Crippen molar-refractivity contribution < 1.29 is 14.3 Å². The highest BCUT2D eigenvalue weighted by molar-refractivity contribution is 6.34. The van der Waals surface area contributed by atoms with Crippen molar-refractivity contribution in [2.24, 2.45) is 10.2 Å². The second kappa shape index (κ2) is 14.3. The summed E-state index contributed by atoms with van der Waals surface area (Å²) in [6.07, 6.45) is 1.19. The van der Waals surface area contributed by atoms with Gasteiger partial charge in [-0.05, 0) is 38.1 Å². The topological polar surface area (TPSA) is 151 Å². The van der Waals surface area contributed by atoms with Crippen LogP contribution in [0.4, 0.5) is 23.1 Å². The van der Waals surface area contributed by atoms with Crippen molar-refractivity contribution in [2.45, 2.75) is 19.9 Å². The SMILES string of the molecule is C=CC(=O)NCCNc1nc(NC(C)COC)c(C#N)c(C)c1N=Nc1cc(OC)n(-c2cc(Cl)ccc2Cl)n1. The summed E-state index contributed by atoms with van der Waals surface area (Å²) in [4.78, 5) is 16.1. The van der Waals surface area contributed by atoms with Gasteiger partial charge >= 0.3 is 0 Å². The van der Waals surface area contributed by atoms with Crippen LogP contribution in [0.25, 0.3) is 5.69 Å². The first-order valence-corrected chi connectivity index (χ1v) is 12.8. The zero-order valence-corrected chi connectivity index (χ0v) is 24.0. The molecule has 0 radical (unpaired) electrons. The molecule has 1 amide bonds. The Morgan fingerprint density at radius 3 is 2.70 bits per heavy atom. The number of hydrogen-bond donors (Lipinski definition) is 3. The maximum atomic E-state index is 11.5. The number of carbonyl (C=O) groups excluding carboxylic acids is 1. The van der Waals surface area contributed by atoms with E-state index >= 15 is 0 Å². The summed E-state index contributed by atoms with van der Waals surface area (Å²) in [6, 6.07) is 8.62. The van der Waals surface area contributed by atoms with Crippen molar-refractivity contribution in [3.63, 3.8) is 0 Å². The van der Waals surface area contributed by atoms with E-state index in [4.69, 9.17) is 32.7 Å². The molecule has 0 spiro atoms. The van der Waals surface area contributed by atoms with Gasteiger partial charge in [0.1, 0.15) is 17.6 Å². The molecule has 2 aromatic heterocycles. The molecular weight excluding hydrogens is 557 g/mol. The van der Waals surface area contributed by atoms with Gasteiger partial charge in [-0.1, -0.05) is 29.8 Å². The number of halogens is 2. The van der Waals surface area contributed by atoms with Crippen LogP contribution in [-0.2, 0) is 9.53 Å². The normalized spacial score (nSPS) is 11.6. The van der Waals surface area contributed by atoms with E-state index < -0.39 is 0 Å². The Morgan fingerprint density at radius 2 is 2.02 bits per heavy atom. The summed E-state index contributed by atoms with van der Waals surface area (Å²) < 4.78 is 12.1. The highest BCUT2D eigenvalue weighted by Crippen LogP contribution is 2.36. The highest BCUT2D eigenvalue weighted by Gasteiger charge is 2.19. The van der Waals surface area contributed by atoms with Crippen LogP contribution in [0.2, 0.25) is 10.0 Å². The fourth-order valence-corrected chi connectivity index (χ4v) is 3.98. The van der Waals surface area contributed by atoms with Crippen LogP contribution in [-0.4, -0.2) is 60.6 Å². The predicted octanol–water partition coefficient (Wildman–Crippen LogP) is 5.34. The molecule has 1 unspecified atom stereocenters. The first-order valence-electron chi connectivity index (χ1n) is 12.1. The van der Waals surface area contributed by atoms with Crippen molar-refractivity contribution in [1.82, 2.24) is 20.1 Å². The minimum atomic E-state index is -0.300. The molecule has 0 aliphatic rings. The molecule has 210 valence electrons. The van der Waals surface area contributed by atoms with E-state index in [1.54, 1.807) is 38.3 Å². The molecule has 12 nitrogen and oxygen atoms in total. The summed E-state index contributed by atoms with van der Waals surface area (Å²) in [7, 11) is 3.08. The second-order valence-corrected chi connectivity index (χ2v) is 9.29. The predicted molar refractivity (Wildman–Crippen MR) is 155 cm³/mol. The third-order valence-corrected chi connectivity index (χ3v) is 6.05. The fourth-order valence-electron chi connectivity index (χ4n) is 3.61. The minimum absolute atomic E-state index is 0.119. The average molecular weight is 586 g/mol. The largest absolute Gasteiger partial charge is 0.481 e. The first kappa shape index (κ1) is 30.4. The van der Waals surface area contributed by atoms with Gasteiger partial charge in [-0.25, -0.2) is 4.98 Å². The molecule has 14 heteroatoms. The van der Waals surface area contributed by atoms with Gasteiger partial charge in [-0.15, -0.1) is 15.3 Å². The number of nitrogens with one attached hydrogen (secondary N) is 3. The Labute approximate surface area is 242 Å². The summed E-state index contributed by atoms with van der Waals surface area (Å²) in [6.45, 7) is 8.12. The van der Waals surface area contributed by atoms with E-state index in [-0.39, 0.29) is 17.8 Å². The number of anilines is 2. The third-order valence-electron chi connectivity index (χ3n) is 5.49. The molecule has 1 aromatic carbocycles. The number of carbonyl (C=O) groups is 1. The van der Waals surface area contributed by atoms with Crippen molar-refractivity contribution in [2.75, 3.05) is 44.5 Å². The summed E-state index contributed by atoms with van der Waals surface area (Å²) in [5, 5.41) is 33.0. The summed E-state index contributed by atoms with van der Waals surface area (Å²) in [5.74, 6) is 0.984. The number of amides is 1. The Kier molecular flexibility index (Phi) is 10.8. The monoisotopic (exact) mass is 585 g/mol. The molecule has 40 heavy (non-hydrogen) atoms. The Balaban J connectivity index is 2.02. The lowest BCUT2D eigenvalue weighted by atomic mass is 10.1. The number of benzene rings is 1. The van der Waals surface area contributed by atoms with Gasteiger partial charge in [0, 0.05) is 42.9 Å². The Bertz CT molecular complexity index is 1450. The molecule has 0 aliphatic heterocycles. The Hall–Kier alpha value is -4.18. The number of hydrogen-bond acceptors (Lipinski definition) is 10. The van der Waals surface area contributed by atoms with Crippen LogP contribution in [0.15, 0.2) is 47.1 Å². The summed E-state index contributed by atoms with van der Waals surface area (Å²) >= 11 is 12.5. The lowest BCUT2D eigenvalue weighted by Crippen LogP contribution is -2.27. The van der Waals surface area contributed by atoms with Gasteiger partial charge in [0.15, 0.2) is 11.6 Å². The Morgan fingerprint density at radius 1 is 1.25 bits per heavy atom. The number of rotatable bonds is 13. The van der Waals surface area contributed by atoms with E-state index in [0.29, 0.717) is 69.8 Å². The molecule has 3 N–H and O–H groups in total. The zero-order chi connectivity index (χ0) is 29.2. The molecule has 3 aromatic rings. The molecule has 1 atom stereocenters. The highest BCUT2D eigenvalue weighted by atomic mass is 35.5. The van der Waals surface area contributed by atoms with Gasteiger partial charge in [-0.3, -0.25) is 4.79 Å². The van der Waals surface area contributed by atoms with Crippen LogP contribution in [0.5, 0.6) is 5.88 Å². The van der Waals surface area contributed by atoms with Crippen LogP contribution in [0.1, 0.15) is 18.1 Å². The van der Waals surface area contributed by atoms with Gasteiger partial charge in [0.05, 0.1) is 30.0 Å². The van der Waals surface area contributed by atoms with Crippen molar-refractivity contribution >= 4 is 52.3 Å². The molecule has 3 rings (SSSR count). The molecular formula is C26H29Cl2N9O3. The standard InChI is InChI=1S/C26H29Cl2N9O3/c1-6-22(38)30-9-10-31-26-24(16(3)18(13-29)25(33-26)32-15(2)14-39-4)35-34-21-12-23(40-5)37(36-21)20-11-17(27)7-8-19(20)28/h6-8,11-12,15H,1,9-10,14H2,2-5H3,(H,30,38)(H2,31,32,33). The minimum Gasteiger partial charge on any atom is -0.481 e. The van der Waals surface area contributed by atoms with Gasteiger partial charge in [0.25, 0.3) is 0 Å². The maximum Gasteiger partial charge on any atom is 0.243 e. The van der Waals surface area contributed by atoms with E-state index in [2.05, 4.69) is 48.9 Å². The molecule has 0 saturated heterocycles. The number of methoxy groups -OCH3 is 2. The lowest BCUT2D eigenvalue weighted by molar-refractivity contribution is -0.116. The molecule has 0 aliphatic carbocycles. The molecule has 0 saturated carbocycles. The molecule has 0 fully saturated rings. The lowest BCUT2D eigenvalue weighted by Gasteiger charge is -2.18. The van der Waals surface area contributed by atoms with E-state index in [9.17, 15) is 10.1 Å². The van der Waals surface area contributed by atoms with Gasteiger partial charge in [-0.2, -0.15) is 9.94 Å². The first-order chi connectivity index (χ1) is 19.2. The van der Waals surface area contributed by atoms with Gasteiger partial charge in [0.2, 0.25) is 11.8 Å². The smallest absolute Gasteiger partial charge is 0.243 e.